The molecule has 1 unspecified atom stereocenters. The van der Waals surface area contributed by atoms with E-state index in [-0.39, 0.29) is 11.6 Å². The van der Waals surface area contributed by atoms with Crippen LogP contribution < -0.4 is 10.9 Å². The molecule has 0 radical (unpaired) electrons. The van der Waals surface area contributed by atoms with Gasteiger partial charge in [0.25, 0.3) is 5.56 Å². The molecule has 0 aliphatic carbocycles. The van der Waals surface area contributed by atoms with Crippen LogP contribution in [0.3, 0.4) is 0 Å². The zero-order chi connectivity index (χ0) is 14.8. The predicted octanol–water partition coefficient (Wildman–Crippen LogP) is 0.674. The third kappa shape index (κ3) is 2.68. The standard InChI is InChI=1S/C14H16N6O/c1-10(14-18-16-9-19(14)2)15-8-11-7-13(21)20-6-4-3-5-12(20)17-11/h3-7,9-10,15H,8H2,1-2H3. The smallest absolute Gasteiger partial charge is 0.258 e. The van der Waals surface area contributed by atoms with E-state index in [9.17, 15) is 4.79 Å². The van der Waals surface area contributed by atoms with Crippen LogP contribution in [0.2, 0.25) is 0 Å². The minimum Gasteiger partial charge on any atom is -0.319 e. The quantitative estimate of drug-likeness (QED) is 0.762. The zero-order valence-corrected chi connectivity index (χ0v) is 11.9. The van der Waals surface area contributed by atoms with E-state index in [1.54, 1.807) is 18.6 Å². The third-order valence-corrected chi connectivity index (χ3v) is 3.35. The van der Waals surface area contributed by atoms with Crippen molar-refractivity contribution in [3.63, 3.8) is 0 Å². The second-order valence-corrected chi connectivity index (χ2v) is 4.92. The summed E-state index contributed by atoms with van der Waals surface area (Å²) < 4.78 is 3.38. The molecule has 0 aromatic carbocycles. The maximum absolute atomic E-state index is 12.0. The molecule has 0 amide bonds. The highest BCUT2D eigenvalue weighted by Crippen LogP contribution is 2.08. The fourth-order valence-electron chi connectivity index (χ4n) is 2.23. The lowest BCUT2D eigenvalue weighted by Crippen LogP contribution is -2.23. The number of hydrogen-bond donors (Lipinski definition) is 1. The summed E-state index contributed by atoms with van der Waals surface area (Å²) in [6, 6.07) is 7.06. The molecule has 1 N–H and O–H groups in total. The van der Waals surface area contributed by atoms with Gasteiger partial charge in [-0.05, 0) is 19.1 Å². The number of nitrogens with one attached hydrogen (secondary N) is 1. The Morgan fingerprint density at radius 1 is 1.38 bits per heavy atom. The van der Waals surface area contributed by atoms with Gasteiger partial charge < -0.3 is 9.88 Å². The molecule has 0 saturated carbocycles. The summed E-state index contributed by atoms with van der Waals surface area (Å²) in [7, 11) is 1.90. The number of aromatic nitrogens is 5. The van der Waals surface area contributed by atoms with E-state index in [0.717, 1.165) is 5.82 Å². The second kappa shape index (κ2) is 5.45. The summed E-state index contributed by atoms with van der Waals surface area (Å²) in [5.41, 5.74) is 1.28. The van der Waals surface area contributed by atoms with Crippen molar-refractivity contribution in [2.75, 3.05) is 0 Å². The molecule has 108 valence electrons. The van der Waals surface area contributed by atoms with Crippen LogP contribution >= 0.6 is 0 Å². The van der Waals surface area contributed by atoms with E-state index < -0.39 is 0 Å². The first-order valence-electron chi connectivity index (χ1n) is 6.70. The topological polar surface area (TPSA) is 77.1 Å². The Morgan fingerprint density at radius 2 is 2.24 bits per heavy atom. The summed E-state index contributed by atoms with van der Waals surface area (Å²) in [6.07, 6.45) is 3.37. The summed E-state index contributed by atoms with van der Waals surface area (Å²) in [5, 5.41) is 11.2. The minimum atomic E-state index is -0.0799. The number of hydrogen-bond acceptors (Lipinski definition) is 5. The fourth-order valence-corrected chi connectivity index (χ4v) is 2.23. The van der Waals surface area contributed by atoms with Gasteiger partial charge in [-0.2, -0.15) is 0 Å². The van der Waals surface area contributed by atoms with Crippen LogP contribution in [0.4, 0.5) is 0 Å². The van der Waals surface area contributed by atoms with Gasteiger partial charge in [0.1, 0.15) is 17.8 Å². The number of nitrogens with zero attached hydrogens (tertiary/aromatic N) is 5. The Morgan fingerprint density at radius 3 is 3.00 bits per heavy atom. The molecule has 3 heterocycles. The molecule has 3 rings (SSSR count). The van der Waals surface area contributed by atoms with Crippen molar-refractivity contribution in [1.82, 2.24) is 29.5 Å². The molecule has 0 aliphatic heterocycles. The molecule has 7 nitrogen and oxygen atoms in total. The van der Waals surface area contributed by atoms with Crippen LogP contribution in [0.25, 0.3) is 5.65 Å². The van der Waals surface area contributed by atoms with E-state index >= 15 is 0 Å². The van der Waals surface area contributed by atoms with Crippen LogP contribution in [0.5, 0.6) is 0 Å². The number of pyridine rings is 1. The summed E-state index contributed by atoms with van der Waals surface area (Å²) in [4.78, 5) is 16.5. The van der Waals surface area contributed by atoms with Gasteiger partial charge in [-0.25, -0.2) is 4.98 Å². The Balaban J connectivity index is 1.79. The van der Waals surface area contributed by atoms with Crippen molar-refractivity contribution in [3.8, 4) is 0 Å². The maximum Gasteiger partial charge on any atom is 0.258 e. The van der Waals surface area contributed by atoms with Gasteiger partial charge in [0.05, 0.1) is 11.7 Å². The van der Waals surface area contributed by atoms with Gasteiger partial charge in [0.15, 0.2) is 0 Å². The molecule has 0 aliphatic rings. The lowest BCUT2D eigenvalue weighted by Gasteiger charge is -2.12. The number of rotatable bonds is 4. The van der Waals surface area contributed by atoms with Gasteiger partial charge in [-0.15, -0.1) is 10.2 Å². The number of fused-ring (bicyclic) bond motifs is 1. The SMILES string of the molecule is CC(NCc1cc(=O)n2ccccc2n1)c1nncn1C. The minimum absolute atomic E-state index is 0.0218. The van der Waals surface area contributed by atoms with Crippen molar-refractivity contribution in [3.05, 3.63) is 58.7 Å². The molecule has 1 atom stereocenters. The molecule has 3 aromatic rings. The van der Waals surface area contributed by atoms with Gasteiger partial charge >= 0.3 is 0 Å². The van der Waals surface area contributed by atoms with E-state index in [1.807, 2.05) is 36.7 Å². The molecule has 0 saturated heterocycles. The Bertz CT molecular complexity index is 821. The Labute approximate surface area is 121 Å². The first-order valence-corrected chi connectivity index (χ1v) is 6.70. The summed E-state index contributed by atoms with van der Waals surface area (Å²) >= 11 is 0. The molecule has 7 heteroatoms. The van der Waals surface area contributed by atoms with Gasteiger partial charge in [-0.1, -0.05) is 6.07 Å². The molecule has 0 bridgehead atoms. The second-order valence-electron chi connectivity index (χ2n) is 4.92. The maximum atomic E-state index is 12.0. The molecular formula is C14H16N6O. The third-order valence-electron chi connectivity index (χ3n) is 3.35. The predicted molar refractivity (Wildman–Crippen MR) is 77.7 cm³/mol. The monoisotopic (exact) mass is 284 g/mol. The van der Waals surface area contributed by atoms with Crippen LogP contribution in [0.1, 0.15) is 24.5 Å². The lowest BCUT2D eigenvalue weighted by molar-refractivity contribution is 0.523. The van der Waals surface area contributed by atoms with Crippen molar-refractivity contribution < 1.29 is 0 Å². The molecular weight excluding hydrogens is 268 g/mol. The van der Waals surface area contributed by atoms with Gasteiger partial charge in [-0.3, -0.25) is 9.20 Å². The average Bonchev–Trinajstić information content (AvgIpc) is 2.91. The summed E-state index contributed by atoms with van der Waals surface area (Å²) in [6.45, 7) is 2.49. The van der Waals surface area contributed by atoms with Crippen LogP contribution in [0.15, 0.2) is 41.6 Å². The Kier molecular flexibility index (Phi) is 3.49. The first-order chi connectivity index (χ1) is 10.1. The van der Waals surface area contributed by atoms with E-state index in [1.165, 1.54) is 4.40 Å². The van der Waals surface area contributed by atoms with Crippen LogP contribution in [0, 0.1) is 0 Å². The van der Waals surface area contributed by atoms with Crippen LogP contribution in [-0.4, -0.2) is 24.1 Å². The normalized spacial score (nSPS) is 12.7. The molecule has 21 heavy (non-hydrogen) atoms. The van der Waals surface area contributed by atoms with Gasteiger partial charge in [0.2, 0.25) is 0 Å². The Hall–Kier alpha value is -2.54. The largest absolute Gasteiger partial charge is 0.319 e. The van der Waals surface area contributed by atoms with Crippen molar-refractivity contribution in [2.24, 2.45) is 7.05 Å². The van der Waals surface area contributed by atoms with Crippen molar-refractivity contribution in [2.45, 2.75) is 19.5 Å². The molecule has 0 fully saturated rings. The van der Waals surface area contributed by atoms with E-state index in [0.29, 0.717) is 17.9 Å². The number of aryl methyl sites for hydroxylation is 1. The zero-order valence-electron chi connectivity index (χ0n) is 11.9. The highest BCUT2D eigenvalue weighted by atomic mass is 16.1. The first kappa shape index (κ1) is 13.4. The van der Waals surface area contributed by atoms with E-state index in [4.69, 9.17) is 0 Å². The van der Waals surface area contributed by atoms with E-state index in [2.05, 4.69) is 20.5 Å². The van der Waals surface area contributed by atoms with Crippen molar-refractivity contribution >= 4 is 5.65 Å². The van der Waals surface area contributed by atoms with Crippen LogP contribution in [-0.2, 0) is 13.6 Å². The highest BCUT2D eigenvalue weighted by molar-refractivity contribution is 5.37. The highest BCUT2D eigenvalue weighted by Gasteiger charge is 2.11. The molecule has 0 spiro atoms. The fraction of sp³-hybridized carbons (Fsp3) is 0.286. The lowest BCUT2D eigenvalue weighted by atomic mass is 10.3. The molecule has 3 aromatic heterocycles. The van der Waals surface area contributed by atoms with Gasteiger partial charge in [0, 0.05) is 25.9 Å². The van der Waals surface area contributed by atoms with Crippen molar-refractivity contribution in [1.29, 1.82) is 0 Å². The summed E-state index contributed by atoms with van der Waals surface area (Å²) in [5.74, 6) is 0.840. The average molecular weight is 284 g/mol.